The summed E-state index contributed by atoms with van der Waals surface area (Å²) in [6, 6.07) is 0. The molecule has 3 nitrogen and oxygen atoms in total. The highest BCUT2D eigenvalue weighted by Crippen LogP contribution is 2.41. The van der Waals surface area contributed by atoms with Crippen LogP contribution in [0.25, 0.3) is 0 Å². The average Bonchev–Trinajstić information content (AvgIpc) is 2.16. The van der Waals surface area contributed by atoms with Crippen molar-refractivity contribution in [2.45, 2.75) is 20.8 Å². The Morgan fingerprint density at radius 1 is 0.786 bits per heavy atom. The second-order valence-corrected chi connectivity index (χ2v) is 3.29. The van der Waals surface area contributed by atoms with Gasteiger partial charge in [-0.15, -0.1) is 0 Å². The van der Waals surface area contributed by atoms with Crippen molar-refractivity contribution in [3.8, 4) is 17.2 Å². The van der Waals surface area contributed by atoms with Crippen molar-refractivity contribution in [1.29, 1.82) is 0 Å². The predicted molar refractivity (Wildman–Crippen MR) is 55.4 cm³/mol. The third-order valence-electron chi connectivity index (χ3n) is 2.48. The van der Waals surface area contributed by atoms with Crippen LogP contribution in [0.15, 0.2) is 0 Å². The lowest BCUT2D eigenvalue weighted by Gasteiger charge is -2.16. The van der Waals surface area contributed by atoms with Crippen molar-refractivity contribution >= 4 is 0 Å². The molecule has 0 heterocycles. The van der Waals surface area contributed by atoms with E-state index in [1.165, 1.54) is 0 Å². The van der Waals surface area contributed by atoms with E-state index in [4.69, 9.17) is 9.47 Å². The van der Waals surface area contributed by atoms with Gasteiger partial charge in [0.1, 0.15) is 17.2 Å². The summed E-state index contributed by atoms with van der Waals surface area (Å²) in [7, 11) is 3.17. The number of ether oxygens (including phenoxy) is 2. The van der Waals surface area contributed by atoms with E-state index in [1.807, 2.05) is 20.8 Å². The largest absolute Gasteiger partial charge is 0.507 e. The summed E-state index contributed by atoms with van der Waals surface area (Å²) < 4.78 is 10.4. The summed E-state index contributed by atoms with van der Waals surface area (Å²) >= 11 is 0. The maximum atomic E-state index is 9.79. The Labute approximate surface area is 84.3 Å². The summed E-state index contributed by atoms with van der Waals surface area (Å²) in [6.07, 6.45) is 0. The molecular weight excluding hydrogens is 180 g/mol. The van der Waals surface area contributed by atoms with E-state index in [0.29, 0.717) is 11.5 Å². The van der Waals surface area contributed by atoms with Crippen LogP contribution in [0.1, 0.15) is 16.7 Å². The number of phenols is 1. The topological polar surface area (TPSA) is 38.7 Å². The number of methoxy groups -OCH3 is 2. The van der Waals surface area contributed by atoms with E-state index in [1.54, 1.807) is 14.2 Å². The standard InChI is InChI=1S/C11H16O3/c1-6-9(12)7(2)11(14-5)8(3)10(6)13-4/h12H,1-5H3. The van der Waals surface area contributed by atoms with Gasteiger partial charge in [-0.1, -0.05) is 0 Å². The van der Waals surface area contributed by atoms with Crippen molar-refractivity contribution in [2.75, 3.05) is 14.2 Å². The van der Waals surface area contributed by atoms with Gasteiger partial charge in [0.05, 0.1) is 14.2 Å². The van der Waals surface area contributed by atoms with Crippen LogP contribution >= 0.6 is 0 Å². The van der Waals surface area contributed by atoms with Crippen LogP contribution < -0.4 is 9.47 Å². The van der Waals surface area contributed by atoms with Crippen LogP contribution in [0, 0.1) is 20.8 Å². The Morgan fingerprint density at radius 2 is 1.14 bits per heavy atom. The number of benzene rings is 1. The minimum Gasteiger partial charge on any atom is -0.507 e. The first-order valence-corrected chi connectivity index (χ1v) is 4.45. The molecular formula is C11H16O3. The molecule has 0 fully saturated rings. The summed E-state index contributed by atoms with van der Waals surface area (Å²) in [5.74, 6) is 1.61. The zero-order chi connectivity index (χ0) is 10.9. The molecule has 0 bridgehead atoms. The molecule has 1 rings (SSSR count). The van der Waals surface area contributed by atoms with Gasteiger partial charge in [-0.2, -0.15) is 0 Å². The first kappa shape index (κ1) is 10.7. The lowest BCUT2D eigenvalue weighted by atomic mass is 10.0. The molecule has 0 saturated carbocycles. The van der Waals surface area contributed by atoms with Gasteiger partial charge >= 0.3 is 0 Å². The van der Waals surface area contributed by atoms with E-state index in [0.717, 1.165) is 16.7 Å². The molecule has 0 aliphatic rings. The number of hydrogen-bond acceptors (Lipinski definition) is 3. The summed E-state index contributed by atoms with van der Waals surface area (Å²) in [6.45, 7) is 5.57. The summed E-state index contributed by atoms with van der Waals surface area (Å²) in [5, 5.41) is 9.79. The van der Waals surface area contributed by atoms with Crippen LogP contribution in [0.2, 0.25) is 0 Å². The minimum absolute atomic E-state index is 0.240. The monoisotopic (exact) mass is 196 g/mol. The summed E-state index contributed by atoms with van der Waals surface area (Å²) in [4.78, 5) is 0. The van der Waals surface area contributed by atoms with Crippen molar-refractivity contribution in [1.82, 2.24) is 0 Å². The molecule has 0 aromatic heterocycles. The second-order valence-electron chi connectivity index (χ2n) is 3.29. The zero-order valence-corrected chi connectivity index (χ0v) is 9.26. The Hall–Kier alpha value is -1.38. The molecule has 0 atom stereocenters. The molecule has 14 heavy (non-hydrogen) atoms. The van der Waals surface area contributed by atoms with Crippen molar-refractivity contribution in [3.05, 3.63) is 16.7 Å². The number of rotatable bonds is 2. The fourth-order valence-corrected chi connectivity index (χ4v) is 1.77. The normalized spacial score (nSPS) is 10.1. The zero-order valence-electron chi connectivity index (χ0n) is 9.26. The molecule has 0 aliphatic carbocycles. The average molecular weight is 196 g/mol. The quantitative estimate of drug-likeness (QED) is 0.789. The van der Waals surface area contributed by atoms with Crippen molar-refractivity contribution in [3.63, 3.8) is 0 Å². The number of aromatic hydroxyl groups is 1. The molecule has 3 heteroatoms. The van der Waals surface area contributed by atoms with Crippen molar-refractivity contribution < 1.29 is 14.6 Å². The highest BCUT2D eigenvalue weighted by atomic mass is 16.5. The fourth-order valence-electron chi connectivity index (χ4n) is 1.77. The Balaban J connectivity index is 3.56. The smallest absolute Gasteiger partial charge is 0.132 e. The van der Waals surface area contributed by atoms with Crippen LogP contribution in [-0.4, -0.2) is 19.3 Å². The first-order valence-electron chi connectivity index (χ1n) is 4.45. The molecule has 0 unspecified atom stereocenters. The highest BCUT2D eigenvalue weighted by molar-refractivity contribution is 5.60. The maximum absolute atomic E-state index is 9.79. The molecule has 0 radical (unpaired) electrons. The third kappa shape index (κ3) is 1.39. The van der Waals surface area contributed by atoms with Crippen LogP contribution in [0.5, 0.6) is 17.2 Å². The van der Waals surface area contributed by atoms with Crippen LogP contribution in [0.3, 0.4) is 0 Å². The molecule has 1 aromatic carbocycles. The van der Waals surface area contributed by atoms with Gasteiger partial charge in [-0.3, -0.25) is 0 Å². The third-order valence-corrected chi connectivity index (χ3v) is 2.48. The Bertz CT molecular complexity index is 325. The Kier molecular flexibility index (Phi) is 2.89. The van der Waals surface area contributed by atoms with E-state index in [9.17, 15) is 5.11 Å². The molecule has 0 saturated heterocycles. The highest BCUT2D eigenvalue weighted by Gasteiger charge is 2.17. The summed E-state index contributed by atoms with van der Waals surface area (Å²) in [5.41, 5.74) is 2.43. The molecule has 1 aromatic rings. The number of phenolic OH excluding ortho intramolecular Hbond substituents is 1. The van der Waals surface area contributed by atoms with E-state index >= 15 is 0 Å². The van der Waals surface area contributed by atoms with Gasteiger partial charge in [-0.25, -0.2) is 0 Å². The second kappa shape index (κ2) is 3.78. The van der Waals surface area contributed by atoms with Gasteiger partial charge in [-0.05, 0) is 20.8 Å². The van der Waals surface area contributed by atoms with Gasteiger partial charge in [0, 0.05) is 16.7 Å². The minimum atomic E-state index is 0.240. The lowest BCUT2D eigenvalue weighted by molar-refractivity contribution is 0.373. The molecule has 1 N–H and O–H groups in total. The lowest BCUT2D eigenvalue weighted by Crippen LogP contribution is -1.98. The van der Waals surface area contributed by atoms with E-state index in [2.05, 4.69) is 0 Å². The SMILES string of the molecule is COc1c(C)c(O)c(C)c(OC)c1C. The fraction of sp³-hybridized carbons (Fsp3) is 0.455. The van der Waals surface area contributed by atoms with E-state index in [-0.39, 0.29) is 5.75 Å². The molecule has 0 spiro atoms. The van der Waals surface area contributed by atoms with Crippen LogP contribution in [0.4, 0.5) is 0 Å². The van der Waals surface area contributed by atoms with Crippen LogP contribution in [-0.2, 0) is 0 Å². The number of hydrogen-bond donors (Lipinski definition) is 1. The van der Waals surface area contributed by atoms with Crippen molar-refractivity contribution in [2.24, 2.45) is 0 Å². The van der Waals surface area contributed by atoms with E-state index < -0.39 is 0 Å². The van der Waals surface area contributed by atoms with Gasteiger partial charge in [0.25, 0.3) is 0 Å². The molecule has 0 aliphatic heterocycles. The molecule has 78 valence electrons. The first-order chi connectivity index (χ1) is 6.54. The van der Waals surface area contributed by atoms with Gasteiger partial charge < -0.3 is 14.6 Å². The Morgan fingerprint density at radius 3 is 1.43 bits per heavy atom. The maximum Gasteiger partial charge on any atom is 0.132 e. The van der Waals surface area contributed by atoms with Gasteiger partial charge in [0.2, 0.25) is 0 Å². The van der Waals surface area contributed by atoms with Gasteiger partial charge in [0.15, 0.2) is 0 Å². The molecule has 0 amide bonds. The predicted octanol–water partition coefficient (Wildman–Crippen LogP) is 2.33.